The van der Waals surface area contributed by atoms with E-state index < -0.39 is 0 Å². The van der Waals surface area contributed by atoms with Crippen molar-refractivity contribution in [2.45, 2.75) is 103 Å². The van der Waals surface area contributed by atoms with Crippen LogP contribution in [0.2, 0.25) is 0 Å². The average molecular weight is 944 g/mol. The van der Waals surface area contributed by atoms with Gasteiger partial charge in [0.1, 0.15) is 0 Å². The van der Waals surface area contributed by atoms with Crippen LogP contribution in [0, 0.1) is 3.80 Å². The summed E-state index contributed by atoms with van der Waals surface area (Å²) >= 11 is 2.59. The third kappa shape index (κ3) is 4.86. The molecule has 0 N–H and O–H groups in total. The number of imidazole rings is 1. The maximum atomic E-state index is 6.95. The Morgan fingerprint density at radius 1 is 0.517 bits per heavy atom. The van der Waals surface area contributed by atoms with Gasteiger partial charge in [-0.05, 0) is 17.0 Å². The molecule has 5 nitrogen and oxygen atoms in total. The minimum absolute atomic E-state index is 0.00250. The van der Waals surface area contributed by atoms with Crippen LogP contribution in [0.15, 0.2) is 115 Å². The SMILES string of the molecule is CC(C)(C)c1ccnc(-n2c3ccccc3c3ccc(Oc4ccc5c(c4)-n4[c](=[Pt])n6c7c(ccc(c74)C(C)(C)C5(C)C)C(C)(C)C(C)(C)c4ccccc4-6)cc32)c1. The van der Waals surface area contributed by atoms with Crippen molar-refractivity contribution in [3.05, 3.63) is 147 Å². The van der Waals surface area contributed by atoms with Gasteiger partial charge in [-0.2, -0.15) is 0 Å². The first-order chi connectivity index (χ1) is 27.4. The molecule has 0 unspecified atom stereocenters. The Morgan fingerprint density at radius 2 is 1.05 bits per heavy atom. The zero-order valence-electron chi connectivity index (χ0n) is 35.5. The number of fused-ring (bicyclic) bond motifs is 7. The predicted octanol–water partition coefficient (Wildman–Crippen LogP) is 13.2. The summed E-state index contributed by atoms with van der Waals surface area (Å²) < 4.78 is 15.5. The zero-order chi connectivity index (χ0) is 40.9. The van der Waals surface area contributed by atoms with Gasteiger partial charge in [-0.15, -0.1) is 0 Å². The van der Waals surface area contributed by atoms with Gasteiger partial charge in [0.15, 0.2) is 0 Å². The van der Waals surface area contributed by atoms with Gasteiger partial charge < -0.3 is 0 Å². The van der Waals surface area contributed by atoms with E-state index in [1.165, 1.54) is 55.3 Å². The molecule has 0 atom stereocenters. The molecular weight excluding hydrogens is 892 g/mol. The van der Waals surface area contributed by atoms with Gasteiger partial charge in [0, 0.05) is 6.20 Å². The number of rotatable bonds is 3. The molecule has 6 heteroatoms. The molecule has 0 aliphatic carbocycles. The van der Waals surface area contributed by atoms with Crippen LogP contribution >= 0.6 is 0 Å². The molecule has 0 amide bonds. The van der Waals surface area contributed by atoms with Gasteiger partial charge in [0.05, 0.1) is 0 Å². The summed E-state index contributed by atoms with van der Waals surface area (Å²) in [6.07, 6.45) is 1.93. The minimum atomic E-state index is -0.205. The molecule has 5 aromatic carbocycles. The van der Waals surface area contributed by atoms with E-state index in [9.17, 15) is 0 Å². The summed E-state index contributed by atoms with van der Waals surface area (Å²) in [5, 5.41) is 2.37. The van der Waals surface area contributed by atoms with E-state index >= 15 is 0 Å². The second kappa shape index (κ2) is 12.0. The first-order valence-corrected chi connectivity index (χ1v) is 21.7. The molecule has 2 aliphatic heterocycles. The number of pyridine rings is 1. The van der Waals surface area contributed by atoms with Crippen molar-refractivity contribution in [1.82, 2.24) is 18.7 Å². The van der Waals surface area contributed by atoms with Crippen LogP contribution in [-0.4, -0.2) is 18.7 Å². The molecule has 8 aromatic rings. The normalized spacial score (nSPS) is 17.2. The topological polar surface area (TPSA) is 36.9 Å². The van der Waals surface area contributed by atoms with Crippen LogP contribution in [0.5, 0.6) is 11.5 Å². The molecule has 2 aliphatic rings. The Labute approximate surface area is 352 Å². The molecule has 0 fully saturated rings. The van der Waals surface area contributed by atoms with Crippen molar-refractivity contribution in [1.29, 1.82) is 0 Å². The standard InChI is InChI=1S/C52H52N4O.Pt/c1-48(2,3)32-26-27-53-45(28-32)56-41-18-14-12-16-35(41)36-22-20-33(29-43(36)56)57-34-21-23-38-44(30-34)55-31-54-42-19-15-13-17-37(42)49(4,5)51(8,9)39-24-25-40(47(55)46(39)54)52(10,11)50(38,6)7;/h12-30H,1-11H3;. The van der Waals surface area contributed by atoms with Crippen LogP contribution in [0.25, 0.3) is 50.0 Å². The molecule has 0 saturated heterocycles. The summed E-state index contributed by atoms with van der Waals surface area (Å²) in [7, 11) is 0. The molecule has 0 radical (unpaired) electrons. The average Bonchev–Trinajstić information content (AvgIpc) is 3.64. The number of hydrogen-bond acceptors (Lipinski definition) is 2. The third-order valence-electron chi connectivity index (χ3n) is 14.8. The summed E-state index contributed by atoms with van der Waals surface area (Å²) in [5.41, 5.74) is 13.2. The molecule has 58 heavy (non-hydrogen) atoms. The van der Waals surface area contributed by atoms with Gasteiger partial charge in [-0.1, -0.05) is 32.9 Å². The number of ether oxygens (including phenoxy) is 1. The number of benzene rings is 5. The monoisotopic (exact) mass is 943 g/mol. The summed E-state index contributed by atoms with van der Waals surface area (Å²) in [6.45, 7) is 26.1. The predicted molar refractivity (Wildman–Crippen MR) is 235 cm³/mol. The van der Waals surface area contributed by atoms with Crippen LogP contribution in [-0.2, 0) is 46.4 Å². The Kier molecular flexibility index (Phi) is 7.74. The Bertz CT molecular complexity index is 3110. The van der Waals surface area contributed by atoms with Crippen LogP contribution < -0.4 is 4.74 Å². The molecule has 0 bridgehead atoms. The first-order valence-electron chi connectivity index (χ1n) is 20.6. The Morgan fingerprint density at radius 3 is 1.74 bits per heavy atom. The van der Waals surface area contributed by atoms with Crippen molar-refractivity contribution < 1.29 is 24.1 Å². The van der Waals surface area contributed by atoms with Gasteiger partial charge in [0.25, 0.3) is 0 Å². The van der Waals surface area contributed by atoms with E-state index in [1.54, 1.807) is 0 Å². The van der Waals surface area contributed by atoms with Crippen molar-refractivity contribution in [3.63, 3.8) is 0 Å². The van der Waals surface area contributed by atoms with E-state index in [1.807, 2.05) is 6.20 Å². The molecule has 296 valence electrons. The molecule has 0 saturated carbocycles. The quantitative estimate of drug-likeness (QED) is 0.177. The van der Waals surface area contributed by atoms with Crippen molar-refractivity contribution in [3.8, 4) is 28.7 Å². The van der Waals surface area contributed by atoms with E-state index in [0.29, 0.717) is 0 Å². The van der Waals surface area contributed by atoms with Crippen molar-refractivity contribution in [2.24, 2.45) is 0 Å². The van der Waals surface area contributed by atoms with Crippen LogP contribution in [0.1, 0.15) is 104 Å². The van der Waals surface area contributed by atoms with Crippen LogP contribution in [0.3, 0.4) is 0 Å². The molecule has 5 heterocycles. The van der Waals surface area contributed by atoms with Gasteiger partial charge in [-0.3, -0.25) is 0 Å². The second-order valence-corrected chi connectivity index (χ2v) is 20.8. The van der Waals surface area contributed by atoms with Gasteiger partial charge in [0.2, 0.25) is 0 Å². The van der Waals surface area contributed by atoms with Crippen molar-refractivity contribution in [2.75, 3.05) is 0 Å². The van der Waals surface area contributed by atoms with E-state index in [4.69, 9.17) is 9.72 Å². The molecule has 10 rings (SSSR count). The van der Waals surface area contributed by atoms with Gasteiger partial charge in [-0.25, -0.2) is 0 Å². The Hall–Kier alpha value is -4.99. The number of nitrogens with zero attached hydrogens (tertiary/aromatic N) is 4. The summed E-state index contributed by atoms with van der Waals surface area (Å²) in [6, 6.07) is 40.1. The first kappa shape index (κ1) is 37.3. The number of para-hydroxylation sites is 2. The maximum absolute atomic E-state index is 6.95. The molecule has 3 aromatic heterocycles. The van der Waals surface area contributed by atoms with E-state index in [-0.39, 0.29) is 27.1 Å². The Balaban J connectivity index is 1.20. The van der Waals surface area contributed by atoms with Crippen LogP contribution in [0.4, 0.5) is 0 Å². The number of hydrogen-bond donors (Lipinski definition) is 0. The fourth-order valence-corrected chi connectivity index (χ4v) is 11.0. The molecule has 0 spiro atoms. The fraction of sp³-hybridized carbons (Fsp3) is 0.308. The molecular formula is C52H52N4OPt. The van der Waals surface area contributed by atoms with E-state index in [2.05, 4.69) is 218 Å². The second-order valence-electron chi connectivity index (χ2n) is 19.8. The summed E-state index contributed by atoms with van der Waals surface area (Å²) in [5.74, 6) is 2.50. The third-order valence-corrected chi connectivity index (χ3v) is 15.9. The van der Waals surface area contributed by atoms with E-state index in [0.717, 1.165) is 37.8 Å². The zero-order valence-corrected chi connectivity index (χ0v) is 37.8. The van der Waals surface area contributed by atoms with Gasteiger partial charge >= 0.3 is 298 Å². The fourth-order valence-electron chi connectivity index (χ4n) is 9.97. The van der Waals surface area contributed by atoms with Crippen molar-refractivity contribution >= 4 is 32.8 Å². The summed E-state index contributed by atoms with van der Waals surface area (Å²) in [4.78, 5) is 4.91. The number of aromatic nitrogens is 4.